The maximum Gasteiger partial charge on any atom is 0.315 e. The van der Waals surface area contributed by atoms with Crippen LogP contribution in [0.5, 0.6) is 0 Å². The van der Waals surface area contributed by atoms with Gasteiger partial charge in [-0.3, -0.25) is 0 Å². The standard InChI is InChI=1S/C18H34N2O3/c1-17(2,3)15(7-11-21)20-16(22)19-14-8-12-23-18(13-14)9-5-4-6-10-18/h14-15,21H,4-13H2,1-3H3,(H2,19,20,22)/t14-,15+/m1/s1. The van der Waals surface area contributed by atoms with E-state index in [0.29, 0.717) is 6.42 Å². The maximum absolute atomic E-state index is 12.4. The summed E-state index contributed by atoms with van der Waals surface area (Å²) in [5.74, 6) is 0. The maximum atomic E-state index is 12.4. The zero-order valence-electron chi connectivity index (χ0n) is 15.0. The number of hydrogen-bond donors (Lipinski definition) is 3. The molecule has 2 amide bonds. The lowest BCUT2D eigenvalue weighted by atomic mass is 9.78. The Kier molecular flexibility index (Phi) is 6.32. The van der Waals surface area contributed by atoms with E-state index in [1.165, 1.54) is 19.3 Å². The van der Waals surface area contributed by atoms with E-state index in [-0.39, 0.29) is 35.7 Å². The second kappa shape index (κ2) is 7.84. The molecule has 0 bridgehead atoms. The normalized spacial score (nSPS) is 25.8. The molecule has 0 unspecified atom stereocenters. The lowest BCUT2D eigenvalue weighted by Gasteiger charge is -2.43. The lowest BCUT2D eigenvalue weighted by molar-refractivity contribution is -0.107. The summed E-state index contributed by atoms with van der Waals surface area (Å²) < 4.78 is 6.09. The van der Waals surface area contributed by atoms with E-state index in [4.69, 9.17) is 4.74 Å². The molecule has 2 atom stereocenters. The average molecular weight is 326 g/mol. The van der Waals surface area contributed by atoms with Crippen LogP contribution in [-0.4, -0.2) is 42.0 Å². The van der Waals surface area contributed by atoms with Crippen molar-refractivity contribution in [3.05, 3.63) is 0 Å². The third-order valence-corrected chi connectivity index (χ3v) is 5.36. The molecule has 134 valence electrons. The number of amides is 2. The summed E-state index contributed by atoms with van der Waals surface area (Å²) in [4.78, 5) is 12.4. The molecule has 0 aromatic heterocycles. The first-order chi connectivity index (χ1) is 10.8. The van der Waals surface area contributed by atoms with Crippen LogP contribution in [0.3, 0.4) is 0 Å². The summed E-state index contributed by atoms with van der Waals surface area (Å²) in [6.07, 6.45) is 8.43. The van der Waals surface area contributed by atoms with Crippen LogP contribution in [0.15, 0.2) is 0 Å². The molecule has 0 aromatic carbocycles. The van der Waals surface area contributed by atoms with Crippen molar-refractivity contribution >= 4 is 6.03 Å². The SMILES string of the molecule is CC(C)(C)[C@H](CCO)NC(=O)N[C@@H]1CCOC2(CCCCC2)C1. The third kappa shape index (κ3) is 5.35. The van der Waals surface area contributed by atoms with Gasteiger partial charge in [0.15, 0.2) is 0 Å². The minimum Gasteiger partial charge on any atom is -0.396 e. The smallest absolute Gasteiger partial charge is 0.315 e. The number of hydrogen-bond acceptors (Lipinski definition) is 3. The fourth-order valence-corrected chi connectivity index (χ4v) is 3.93. The van der Waals surface area contributed by atoms with Crippen molar-refractivity contribution < 1.29 is 14.6 Å². The van der Waals surface area contributed by atoms with E-state index < -0.39 is 0 Å². The van der Waals surface area contributed by atoms with E-state index in [1.54, 1.807) is 0 Å². The Morgan fingerprint density at radius 1 is 1.30 bits per heavy atom. The molecule has 0 aromatic rings. The van der Waals surface area contributed by atoms with Gasteiger partial charge in [-0.1, -0.05) is 40.0 Å². The minimum absolute atomic E-state index is 0.00295. The molecular formula is C18H34N2O3. The molecule has 23 heavy (non-hydrogen) atoms. The highest BCUT2D eigenvalue weighted by atomic mass is 16.5. The van der Waals surface area contributed by atoms with Crippen molar-refractivity contribution in [2.45, 2.75) is 89.8 Å². The second-order valence-corrected chi connectivity index (χ2v) is 8.33. The van der Waals surface area contributed by atoms with E-state index in [2.05, 4.69) is 31.4 Å². The van der Waals surface area contributed by atoms with Crippen LogP contribution in [0.4, 0.5) is 4.79 Å². The second-order valence-electron chi connectivity index (χ2n) is 8.33. The number of carbonyl (C=O) groups is 1. The van der Waals surface area contributed by atoms with E-state index in [0.717, 1.165) is 32.3 Å². The average Bonchev–Trinajstić information content (AvgIpc) is 2.46. The van der Waals surface area contributed by atoms with Gasteiger partial charge in [0.2, 0.25) is 0 Å². The van der Waals surface area contributed by atoms with Gasteiger partial charge in [-0.25, -0.2) is 4.79 Å². The predicted octanol–water partition coefficient (Wildman–Crippen LogP) is 2.96. The van der Waals surface area contributed by atoms with E-state index in [1.807, 2.05) is 0 Å². The minimum atomic E-state index is -0.115. The van der Waals surface area contributed by atoms with Crippen molar-refractivity contribution in [3.8, 4) is 0 Å². The van der Waals surface area contributed by atoms with Gasteiger partial charge in [0.25, 0.3) is 0 Å². The molecule has 2 rings (SSSR count). The largest absolute Gasteiger partial charge is 0.396 e. The Labute approximate surface area is 140 Å². The van der Waals surface area contributed by atoms with Crippen LogP contribution in [0.1, 0.15) is 72.1 Å². The van der Waals surface area contributed by atoms with Crippen molar-refractivity contribution in [1.29, 1.82) is 0 Å². The number of ether oxygens (including phenoxy) is 1. The number of aliphatic hydroxyl groups excluding tert-OH is 1. The Hall–Kier alpha value is -0.810. The molecule has 5 nitrogen and oxygen atoms in total. The molecule has 1 saturated heterocycles. The van der Waals surface area contributed by atoms with Crippen LogP contribution in [-0.2, 0) is 4.74 Å². The quantitative estimate of drug-likeness (QED) is 0.744. The van der Waals surface area contributed by atoms with Crippen LogP contribution in [0, 0.1) is 5.41 Å². The molecule has 1 spiro atoms. The Bertz CT molecular complexity index is 381. The Balaban J connectivity index is 1.86. The van der Waals surface area contributed by atoms with E-state index >= 15 is 0 Å². The fraction of sp³-hybridized carbons (Fsp3) is 0.944. The third-order valence-electron chi connectivity index (χ3n) is 5.36. The summed E-state index contributed by atoms with van der Waals surface area (Å²) in [7, 11) is 0. The molecule has 1 aliphatic heterocycles. The topological polar surface area (TPSA) is 70.6 Å². The lowest BCUT2D eigenvalue weighted by Crippen LogP contribution is -2.54. The number of aliphatic hydroxyl groups is 1. The van der Waals surface area contributed by atoms with Gasteiger partial charge in [0.1, 0.15) is 0 Å². The van der Waals surface area contributed by atoms with Crippen LogP contribution in [0.25, 0.3) is 0 Å². The molecule has 0 radical (unpaired) electrons. The molecule has 1 saturated carbocycles. The number of nitrogens with one attached hydrogen (secondary N) is 2. The monoisotopic (exact) mass is 326 g/mol. The first-order valence-electron chi connectivity index (χ1n) is 9.16. The Morgan fingerprint density at radius 3 is 2.61 bits per heavy atom. The summed E-state index contributed by atoms with van der Waals surface area (Å²) in [5.41, 5.74) is -0.0662. The zero-order valence-corrected chi connectivity index (χ0v) is 15.0. The van der Waals surface area contributed by atoms with Gasteiger partial charge in [-0.15, -0.1) is 0 Å². The summed E-state index contributed by atoms with van der Waals surface area (Å²) >= 11 is 0. The van der Waals surface area contributed by atoms with E-state index in [9.17, 15) is 9.90 Å². The molecule has 3 N–H and O–H groups in total. The summed E-state index contributed by atoms with van der Waals surface area (Å²) in [6, 6.07) is 0.0452. The van der Waals surface area contributed by atoms with Crippen LogP contribution >= 0.6 is 0 Å². The number of rotatable bonds is 4. The van der Waals surface area contributed by atoms with Gasteiger partial charge in [0.05, 0.1) is 5.60 Å². The van der Waals surface area contributed by atoms with Crippen molar-refractivity contribution in [1.82, 2.24) is 10.6 Å². The van der Waals surface area contributed by atoms with Crippen molar-refractivity contribution in [3.63, 3.8) is 0 Å². The summed E-state index contributed by atoms with van der Waals surface area (Å²) in [6.45, 7) is 7.07. The van der Waals surface area contributed by atoms with Crippen molar-refractivity contribution in [2.24, 2.45) is 5.41 Å². The first kappa shape index (κ1) is 18.5. The highest BCUT2D eigenvalue weighted by Crippen LogP contribution is 2.38. The zero-order chi connectivity index (χ0) is 16.9. The van der Waals surface area contributed by atoms with Gasteiger partial charge in [-0.05, 0) is 37.5 Å². The van der Waals surface area contributed by atoms with Crippen molar-refractivity contribution in [2.75, 3.05) is 13.2 Å². The predicted molar refractivity (Wildman–Crippen MR) is 91.4 cm³/mol. The Morgan fingerprint density at radius 2 is 2.00 bits per heavy atom. The molecule has 1 heterocycles. The summed E-state index contributed by atoms with van der Waals surface area (Å²) in [5, 5.41) is 15.4. The molecule has 1 aliphatic carbocycles. The highest BCUT2D eigenvalue weighted by molar-refractivity contribution is 5.74. The first-order valence-corrected chi connectivity index (χ1v) is 9.16. The molecule has 2 aliphatic rings. The fourth-order valence-electron chi connectivity index (χ4n) is 3.93. The number of urea groups is 1. The molecule has 5 heteroatoms. The van der Waals surface area contributed by atoms with Gasteiger partial charge < -0.3 is 20.5 Å². The highest BCUT2D eigenvalue weighted by Gasteiger charge is 2.39. The molecular weight excluding hydrogens is 292 g/mol. The van der Waals surface area contributed by atoms with Gasteiger partial charge in [-0.2, -0.15) is 0 Å². The van der Waals surface area contributed by atoms with Crippen LogP contribution in [0.2, 0.25) is 0 Å². The van der Waals surface area contributed by atoms with Crippen LogP contribution < -0.4 is 10.6 Å². The van der Waals surface area contributed by atoms with Gasteiger partial charge in [0, 0.05) is 25.3 Å². The molecule has 2 fully saturated rings. The van der Waals surface area contributed by atoms with Gasteiger partial charge >= 0.3 is 6.03 Å². The number of carbonyl (C=O) groups excluding carboxylic acids is 1.